The first kappa shape index (κ1) is 27.0. The van der Waals surface area contributed by atoms with Gasteiger partial charge in [0.25, 0.3) is 0 Å². The van der Waals surface area contributed by atoms with Crippen LogP contribution in [0.2, 0.25) is 0 Å². The van der Waals surface area contributed by atoms with Crippen LogP contribution in [0.15, 0.2) is 78.0 Å². The third-order valence-corrected chi connectivity index (χ3v) is 7.16. The second-order valence-corrected chi connectivity index (χ2v) is 10.0. The van der Waals surface area contributed by atoms with Gasteiger partial charge in [0.2, 0.25) is 5.82 Å². The zero-order valence-corrected chi connectivity index (χ0v) is 22.9. The second-order valence-electron chi connectivity index (χ2n) is 10.0. The summed E-state index contributed by atoms with van der Waals surface area (Å²) in [5, 5.41) is 4.99. The molecule has 1 aliphatic rings. The van der Waals surface area contributed by atoms with Gasteiger partial charge in [-0.3, -0.25) is 4.79 Å². The van der Waals surface area contributed by atoms with E-state index in [1.54, 1.807) is 28.9 Å². The highest BCUT2D eigenvalue weighted by molar-refractivity contribution is 6.04. The monoisotopic (exact) mass is 567 g/mol. The normalized spacial score (nSPS) is 14.1. The number of nitrogen functional groups attached to an aromatic ring is 1. The van der Waals surface area contributed by atoms with Crippen molar-refractivity contribution in [1.82, 2.24) is 19.7 Å². The maximum absolute atomic E-state index is 15.5. The smallest absolute Gasteiger partial charge is 0.201 e. The first-order chi connectivity index (χ1) is 20.4. The fraction of sp³-hybridized carbons (Fsp3) is 0.194. The molecular weight excluding hydrogens is 540 g/mol. The van der Waals surface area contributed by atoms with Crippen LogP contribution >= 0.6 is 0 Å². The van der Waals surface area contributed by atoms with Gasteiger partial charge in [0.1, 0.15) is 29.7 Å². The van der Waals surface area contributed by atoms with Gasteiger partial charge in [0.05, 0.1) is 17.2 Å². The van der Waals surface area contributed by atoms with E-state index in [4.69, 9.17) is 20.6 Å². The van der Waals surface area contributed by atoms with Crippen LogP contribution in [-0.2, 0) is 0 Å². The average molecular weight is 568 g/mol. The number of anilines is 2. The van der Waals surface area contributed by atoms with Crippen LogP contribution in [0.5, 0.6) is 5.75 Å². The number of rotatable bonds is 8. The van der Waals surface area contributed by atoms with Gasteiger partial charge in [0, 0.05) is 23.9 Å². The molecule has 11 heteroatoms. The number of ether oxygens (including phenoxy) is 1. The minimum atomic E-state index is -1.11. The van der Waals surface area contributed by atoms with Crippen LogP contribution < -0.4 is 15.4 Å². The van der Waals surface area contributed by atoms with Crippen molar-refractivity contribution in [3.63, 3.8) is 0 Å². The molecule has 1 fully saturated rings. The van der Waals surface area contributed by atoms with E-state index in [0.717, 1.165) is 24.8 Å². The van der Waals surface area contributed by atoms with Crippen LogP contribution in [0, 0.1) is 11.6 Å². The summed E-state index contributed by atoms with van der Waals surface area (Å²) in [5.74, 6) is -1.78. The Kier molecular flexibility index (Phi) is 7.07. The number of benzene rings is 3. The number of aromatic nitrogens is 4. The van der Waals surface area contributed by atoms with Crippen LogP contribution in [0.3, 0.4) is 0 Å². The molecule has 3 aromatic carbocycles. The summed E-state index contributed by atoms with van der Waals surface area (Å²) in [6, 6.07) is 18.7. The van der Waals surface area contributed by atoms with Gasteiger partial charge in [-0.2, -0.15) is 9.49 Å². The quantitative estimate of drug-likeness (QED) is 0.136. The molecule has 1 atom stereocenters. The number of hydrogen-bond acceptors (Lipinski definition) is 7. The summed E-state index contributed by atoms with van der Waals surface area (Å²) >= 11 is 0. The Bertz CT molecular complexity index is 1820. The van der Waals surface area contributed by atoms with E-state index in [-0.39, 0.29) is 34.3 Å². The van der Waals surface area contributed by atoms with Gasteiger partial charge in [-0.1, -0.05) is 30.3 Å². The van der Waals surface area contributed by atoms with E-state index >= 15 is 8.78 Å². The highest BCUT2D eigenvalue weighted by atomic mass is 19.2. The minimum absolute atomic E-state index is 0.0627. The predicted octanol–water partition coefficient (Wildman–Crippen LogP) is 6.14. The van der Waals surface area contributed by atoms with Crippen molar-refractivity contribution in [1.29, 1.82) is 0 Å². The zero-order valence-electron chi connectivity index (χ0n) is 22.9. The molecule has 1 saturated carbocycles. The maximum Gasteiger partial charge on any atom is 0.201 e. The maximum atomic E-state index is 15.5. The van der Waals surface area contributed by atoms with Crippen molar-refractivity contribution in [2.45, 2.75) is 31.9 Å². The van der Waals surface area contributed by atoms with E-state index in [2.05, 4.69) is 9.97 Å². The summed E-state index contributed by atoms with van der Waals surface area (Å²) in [4.78, 5) is 27.1. The van der Waals surface area contributed by atoms with Gasteiger partial charge < -0.3 is 15.4 Å². The number of para-hydroxylation sites is 2. The number of likely N-dealkylation sites (N-methyl/N-ethyl adjacent to an activating group) is 1. The highest BCUT2D eigenvalue weighted by Crippen LogP contribution is 2.38. The summed E-state index contributed by atoms with van der Waals surface area (Å²) in [6.07, 6.45) is 3.55. The molecule has 0 spiro atoms. The van der Waals surface area contributed by atoms with Crippen molar-refractivity contribution >= 4 is 40.3 Å². The highest BCUT2D eigenvalue weighted by Gasteiger charge is 2.30. The summed E-state index contributed by atoms with van der Waals surface area (Å²) in [7, 11) is 1.85. The molecule has 0 aliphatic heterocycles. The lowest BCUT2D eigenvalue weighted by molar-refractivity contribution is 0.112. The largest absolute Gasteiger partial charge is 0.487 e. The lowest BCUT2D eigenvalue weighted by Crippen LogP contribution is -2.34. The van der Waals surface area contributed by atoms with Crippen molar-refractivity contribution in [3.05, 3.63) is 90.3 Å². The molecule has 2 N–H and O–H groups in total. The minimum Gasteiger partial charge on any atom is -0.487 e. The average Bonchev–Trinajstić information content (AvgIpc) is 3.75. The number of nitrogens with two attached hydrogens (primary N) is 1. The molecule has 0 saturated heterocycles. The second kappa shape index (κ2) is 11.0. The Hall–Kier alpha value is -5.19. The van der Waals surface area contributed by atoms with Crippen LogP contribution in [0.1, 0.15) is 36.2 Å². The number of fused-ring (bicyclic) bond motifs is 1. The third kappa shape index (κ3) is 4.93. The molecule has 1 unspecified atom stereocenters. The molecular formula is C31H27F2N7O2. The SMILES string of the molecule is CC(C(=Nc1ccccc1C=O)N(C)c1ccccc1)n1nc(-c2ccc(OC3CC3)c(F)c2F)c2c(N)ncnc21. The van der Waals surface area contributed by atoms with Gasteiger partial charge >= 0.3 is 0 Å². The van der Waals surface area contributed by atoms with E-state index in [9.17, 15) is 4.79 Å². The number of aliphatic imine (C=N–C) groups is 1. The van der Waals surface area contributed by atoms with E-state index in [0.29, 0.717) is 22.7 Å². The Morgan fingerprint density at radius 1 is 1.07 bits per heavy atom. The number of carbonyl (C=O) groups excluding carboxylic acids is 1. The summed E-state index contributed by atoms with van der Waals surface area (Å²) in [5.41, 5.74) is 8.25. The van der Waals surface area contributed by atoms with Crippen molar-refractivity contribution in [3.8, 4) is 17.0 Å². The fourth-order valence-corrected chi connectivity index (χ4v) is 4.78. The number of carbonyl (C=O) groups is 1. The van der Waals surface area contributed by atoms with Crippen LogP contribution in [-0.4, -0.2) is 45.0 Å². The number of nitrogens with zero attached hydrogens (tertiary/aromatic N) is 6. The van der Waals surface area contributed by atoms with Gasteiger partial charge in [-0.25, -0.2) is 24.0 Å². The Labute approximate surface area is 240 Å². The molecule has 0 amide bonds. The van der Waals surface area contributed by atoms with Gasteiger partial charge in [0.15, 0.2) is 23.5 Å². The molecule has 1 aliphatic carbocycles. The van der Waals surface area contributed by atoms with Crippen LogP contribution in [0.25, 0.3) is 22.3 Å². The zero-order chi connectivity index (χ0) is 29.4. The molecule has 9 nitrogen and oxygen atoms in total. The predicted molar refractivity (Wildman–Crippen MR) is 157 cm³/mol. The Balaban J connectivity index is 1.52. The molecule has 0 bridgehead atoms. The number of amidine groups is 1. The Morgan fingerprint density at radius 2 is 1.81 bits per heavy atom. The van der Waals surface area contributed by atoms with Gasteiger partial charge in [-0.05, 0) is 56.2 Å². The summed E-state index contributed by atoms with van der Waals surface area (Å²) in [6.45, 7) is 1.85. The van der Waals surface area contributed by atoms with E-state index in [1.165, 1.54) is 18.5 Å². The molecule has 2 heterocycles. The van der Waals surface area contributed by atoms with E-state index in [1.807, 2.05) is 49.2 Å². The van der Waals surface area contributed by atoms with Gasteiger partial charge in [-0.15, -0.1) is 0 Å². The Morgan fingerprint density at radius 3 is 2.55 bits per heavy atom. The fourth-order valence-electron chi connectivity index (χ4n) is 4.78. The molecule has 6 rings (SSSR count). The molecule has 2 aromatic heterocycles. The van der Waals surface area contributed by atoms with Crippen LogP contribution in [0.4, 0.5) is 26.0 Å². The topological polar surface area (TPSA) is 112 Å². The number of halogens is 2. The summed E-state index contributed by atoms with van der Waals surface area (Å²) < 4.78 is 37.7. The third-order valence-electron chi connectivity index (χ3n) is 7.16. The molecule has 0 radical (unpaired) electrons. The molecule has 42 heavy (non-hydrogen) atoms. The number of aldehydes is 1. The van der Waals surface area contributed by atoms with E-state index < -0.39 is 17.7 Å². The first-order valence-corrected chi connectivity index (χ1v) is 13.4. The van der Waals surface area contributed by atoms with Crippen molar-refractivity contribution in [2.24, 2.45) is 4.99 Å². The number of hydrogen-bond donors (Lipinski definition) is 1. The molecule has 5 aromatic rings. The van der Waals surface area contributed by atoms with Crippen molar-refractivity contribution < 1.29 is 18.3 Å². The lowest BCUT2D eigenvalue weighted by Gasteiger charge is -2.26. The standard InChI is InChI=1S/C31H27F2N7O2/c1-18(30(39(2)20-9-4-3-5-10-20)37-23-11-7-6-8-19(23)16-41)40-31-25(29(34)35-17-36-31)28(38-40)22-14-15-24(27(33)26(22)32)42-21-12-13-21/h3-11,14-18,21H,12-13H2,1-2H3,(H2,34,35,36). The lowest BCUT2D eigenvalue weighted by atomic mass is 10.1. The van der Waals surface area contributed by atoms with Crippen molar-refractivity contribution in [2.75, 3.05) is 17.7 Å². The first-order valence-electron chi connectivity index (χ1n) is 13.4. The molecule has 212 valence electrons.